The van der Waals surface area contributed by atoms with Crippen molar-refractivity contribution in [3.8, 4) is 28.7 Å². The molecule has 27 heavy (non-hydrogen) atoms. The highest BCUT2D eigenvalue weighted by atomic mass is 16.5. The van der Waals surface area contributed by atoms with Crippen LogP contribution >= 0.6 is 0 Å². The standard InChI is InChI=1S/C22H22O5/c1-11(2)17-8-12-7-14-19(9-18(12)26-17)25-10-15-13-5-6-16(23-3)22(24-4)21(13)27-20(14)15/h5-7,9,15,17,20H,1,8,10H2,2-4H3/t15-,17-,20-/m1/s1. The average molecular weight is 366 g/mol. The van der Waals surface area contributed by atoms with Crippen molar-refractivity contribution < 1.29 is 23.7 Å². The second kappa shape index (κ2) is 5.84. The summed E-state index contributed by atoms with van der Waals surface area (Å²) in [5.41, 5.74) is 4.37. The van der Waals surface area contributed by atoms with E-state index in [1.807, 2.05) is 25.1 Å². The first-order valence-electron chi connectivity index (χ1n) is 9.14. The minimum atomic E-state index is -0.0982. The summed E-state index contributed by atoms with van der Waals surface area (Å²) in [6.45, 7) is 6.58. The lowest BCUT2D eigenvalue weighted by atomic mass is 9.88. The maximum atomic E-state index is 6.39. The molecule has 0 saturated heterocycles. The van der Waals surface area contributed by atoms with Crippen LogP contribution in [0.3, 0.4) is 0 Å². The van der Waals surface area contributed by atoms with Gasteiger partial charge in [0.15, 0.2) is 11.5 Å². The zero-order valence-electron chi connectivity index (χ0n) is 15.7. The number of rotatable bonds is 3. The number of hydrogen-bond donors (Lipinski definition) is 0. The lowest BCUT2D eigenvalue weighted by Crippen LogP contribution is -2.23. The van der Waals surface area contributed by atoms with Crippen molar-refractivity contribution >= 4 is 0 Å². The number of methoxy groups -OCH3 is 2. The third-order valence-corrected chi connectivity index (χ3v) is 5.68. The zero-order valence-corrected chi connectivity index (χ0v) is 15.7. The molecule has 5 nitrogen and oxygen atoms in total. The minimum absolute atomic E-state index is 0.0331. The largest absolute Gasteiger partial charge is 0.493 e. The molecule has 0 aromatic heterocycles. The molecule has 0 spiro atoms. The van der Waals surface area contributed by atoms with E-state index in [-0.39, 0.29) is 18.1 Å². The van der Waals surface area contributed by atoms with Crippen molar-refractivity contribution in [2.24, 2.45) is 0 Å². The molecule has 3 aliphatic rings. The smallest absolute Gasteiger partial charge is 0.203 e. The van der Waals surface area contributed by atoms with E-state index in [0.29, 0.717) is 18.1 Å². The third-order valence-electron chi connectivity index (χ3n) is 5.68. The lowest BCUT2D eigenvalue weighted by molar-refractivity contribution is 0.136. The molecule has 2 aromatic rings. The SMILES string of the molecule is C=C(C)[C@H]1Cc2cc3c(cc2O1)OC[C@@H]1c2ccc(OC)c(OC)c2O[C@H]31. The number of ether oxygens (including phenoxy) is 5. The van der Waals surface area contributed by atoms with Gasteiger partial charge in [0, 0.05) is 23.6 Å². The van der Waals surface area contributed by atoms with E-state index in [4.69, 9.17) is 23.7 Å². The fourth-order valence-electron chi connectivity index (χ4n) is 4.25. The molecule has 0 fully saturated rings. The Morgan fingerprint density at radius 3 is 2.67 bits per heavy atom. The van der Waals surface area contributed by atoms with Crippen LogP contribution < -0.4 is 23.7 Å². The second-order valence-electron chi connectivity index (χ2n) is 7.33. The Hall–Kier alpha value is -2.82. The van der Waals surface area contributed by atoms with Gasteiger partial charge in [-0.15, -0.1) is 0 Å². The number of fused-ring (bicyclic) bond motifs is 6. The Labute approximate surface area is 158 Å². The van der Waals surface area contributed by atoms with Gasteiger partial charge in [-0.2, -0.15) is 0 Å². The van der Waals surface area contributed by atoms with Crippen molar-refractivity contribution in [2.75, 3.05) is 20.8 Å². The normalized spacial score (nSPS) is 23.7. The van der Waals surface area contributed by atoms with E-state index in [0.717, 1.165) is 40.4 Å². The van der Waals surface area contributed by atoms with E-state index in [1.54, 1.807) is 14.2 Å². The molecular weight excluding hydrogens is 344 g/mol. The Balaban J connectivity index is 1.55. The molecule has 3 aliphatic heterocycles. The minimum Gasteiger partial charge on any atom is -0.493 e. The molecule has 0 saturated carbocycles. The fourth-order valence-corrected chi connectivity index (χ4v) is 4.25. The Kier molecular flexibility index (Phi) is 3.54. The van der Waals surface area contributed by atoms with E-state index in [1.165, 1.54) is 5.56 Å². The summed E-state index contributed by atoms with van der Waals surface area (Å²) >= 11 is 0. The fraction of sp³-hybridized carbons (Fsp3) is 0.364. The van der Waals surface area contributed by atoms with Crippen LogP contribution in [-0.4, -0.2) is 26.9 Å². The Morgan fingerprint density at radius 2 is 1.93 bits per heavy atom. The summed E-state index contributed by atoms with van der Waals surface area (Å²) in [4.78, 5) is 0. The molecule has 0 N–H and O–H groups in total. The first-order chi connectivity index (χ1) is 13.1. The van der Waals surface area contributed by atoms with Gasteiger partial charge in [-0.25, -0.2) is 0 Å². The van der Waals surface area contributed by atoms with Gasteiger partial charge in [0.25, 0.3) is 0 Å². The van der Waals surface area contributed by atoms with Crippen LogP contribution in [-0.2, 0) is 6.42 Å². The van der Waals surface area contributed by atoms with E-state index in [2.05, 4.69) is 12.6 Å². The highest BCUT2D eigenvalue weighted by Crippen LogP contribution is 2.57. The van der Waals surface area contributed by atoms with Crippen LogP contribution in [0.1, 0.15) is 35.6 Å². The van der Waals surface area contributed by atoms with Gasteiger partial charge in [-0.05, 0) is 30.2 Å². The van der Waals surface area contributed by atoms with Crippen LogP contribution in [0, 0.1) is 0 Å². The molecule has 0 radical (unpaired) electrons. The summed E-state index contributed by atoms with van der Waals surface area (Å²) in [7, 11) is 3.27. The van der Waals surface area contributed by atoms with Crippen LogP contribution in [0.4, 0.5) is 0 Å². The molecule has 0 amide bonds. The quantitative estimate of drug-likeness (QED) is 0.762. The number of benzene rings is 2. The summed E-state index contributed by atoms with van der Waals surface area (Å²) < 4.78 is 29.5. The van der Waals surface area contributed by atoms with Gasteiger partial charge < -0.3 is 23.7 Å². The van der Waals surface area contributed by atoms with Crippen LogP contribution in [0.15, 0.2) is 36.4 Å². The topological polar surface area (TPSA) is 46.2 Å². The molecular formula is C22H22O5. The zero-order chi connectivity index (χ0) is 18.7. The van der Waals surface area contributed by atoms with Gasteiger partial charge >= 0.3 is 0 Å². The lowest BCUT2D eigenvalue weighted by Gasteiger charge is -2.28. The van der Waals surface area contributed by atoms with Gasteiger partial charge in [-0.3, -0.25) is 0 Å². The molecule has 140 valence electrons. The molecule has 3 heterocycles. The molecule has 0 unspecified atom stereocenters. The molecule has 2 aromatic carbocycles. The predicted octanol–water partition coefficient (Wildman–Crippen LogP) is 4.19. The van der Waals surface area contributed by atoms with Gasteiger partial charge in [0.05, 0.1) is 26.7 Å². The average Bonchev–Trinajstić information content (AvgIpc) is 3.26. The van der Waals surface area contributed by atoms with E-state index < -0.39 is 0 Å². The van der Waals surface area contributed by atoms with Crippen LogP contribution in [0.2, 0.25) is 0 Å². The second-order valence-corrected chi connectivity index (χ2v) is 7.33. The van der Waals surface area contributed by atoms with Gasteiger partial charge in [0.1, 0.15) is 23.7 Å². The predicted molar refractivity (Wildman–Crippen MR) is 101 cm³/mol. The first-order valence-corrected chi connectivity index (χ1v) is 9.14. The van der Waals surface area contributed by atoms with Crippen molar-refractivity contribution in [1.29, 1.82) is 0 Å². The van der Waals surface area contributed by atoms with Crippen molar-refractivity contribution in [3.05, 3.63) is 53.1 Å². The molecule has 0 bridgehead atoms. The van der Waals surface area contributed by atoms with Crippen molar-refractivity contribution in [1.82, 2.24) is 0 Å². The maximum absolute atomic E-state index is 6.39. The van der Waals surface area contributed by atoms with Crippen molar-refractivity contribution in [3.63, 3.8) is 0 Å². The molecule has 3 atom stereocenters. The van der Waals surface area contributed by atoms with Crippen LogP contribution in [0.25, 0.3) is 0 Å². The Bertz CT molecular complexity index is 948. The van der Waals surface area contributed by atoms with E-state index >= 15 is 0 Å². The maximum Gasteiger partial charge on any atom is 0.203 e. The highest BCUT2D eigenvalue weighted by molar-refractivity contribution is 5.61. The Morgan fingerprint density at radius 1 is 1.07 bits per heavy atom. The molecule has 5 rings (SSSR count). The summed E-state index contributed by atoms with van der Waals surface area (Å²) in [5, 5.41) is 0. The summed E-state index contributed by atoms with van der Waals surface area (Å²) in [5.74, 6) is 3.90. The third kappa shape index (κ3) is 2.30. The molecule has 5 heteroatoms. The van der Waals surface area contributed by atoms with Crippen LogP contribution in [0.5, 0.6) is 28.7 Å². The first kappa shape index (κ1) is 16.4. The summed E-state index contributed by atoms with van der Waals surface area (Å²) in [6.07, 6.45) is 0.768. The highest BCUT2D eigenvalue weighted by Gasteiger charge is 2.43. The molecule has 0 aliphatic carbocycles. The van der Waals surface area contributed by atoms with Crippen molar-refractivity contribution in [2.45, 2.75) is 31.5 Å². The summed E-state index contributed by atoms with van der Waals surface area (Å²) in [6, 6.07) is 8.13. The van der Waals surface area contributed by atoms with Gasteiger partial charge in [0.2, 0.25) is 5.75 Å². The monoisotopic (exact) mass is 366 g/mol. The van der Waals surface area contributed by atoms with Gasteiger partial charge in [-0.1, -0.05) is 12.6 Å². The van der Waals surface area contributed by atoms with E-state index in [9.17, 15) is 0 Å². The number of hydrogen-bond acceptors (Lipinski definition) is 5.